The summed E-state index contributed by atoms with van der Waals surface area (Å²) in [6.45, 7) is 0.902. The molecule has 0 aromatic heterocycles. The molecule has 6 heteroatoms. The van der Waals surface area contributed by atoms with Crippen molar-refractivity contribution in [1.82, 2.24) is 10.6 Å². The number of carbonyl (C=O) groups is 2. The zero-order chi connectivity index (χ0) is 22.3. The molecule has 2 fully saturated rings. The van der Waals surface area contributed by atoms with Crippen LogP contribution in [0.25, 0.3) is 11.1 Å². The normalized spacial score (nSPS) is 24.7. The van der Waals surface area contributed by atoms with Gasteiger partial charge in [-0.05, 0) is 60.0 Å². The number of fused-ring (bicyclic) bond motifs is 3. The molecule has 2 N–H and O–H groups in total. The van der Waals surface area contributed by atoms with E-state index in [4.69, 9.17) is 0 Å². The van der Waals surface area contributed by atoms with E-state index in [9.17, 15) is 14.9 Å². The number of carbonyl (C=O) groups excluding carboxylic acids is 2. The molecule has 1 unspecified atom stereocenters. The summed E-state index contributed by atoms with van der Waals surface area (Å²) in [6.07, 6.45) is 4.92. The molecule has 2 bridgehead atoms. The summed E-state index contributed by atoms with van der Waals surface area (Å²) in [5.41, 5.74) is 4.67. The second kappa shape index (κ2) is 8.07. The predicted molar refractivity (Wildman–Crippen MR) is 123 cm³/mol. The van der Waals surface area contributed by atoms with E-state index >= 15 is 0 Å². The van der Waals surface area contributed by atoms with Crippen molar-refractivity contribution in [3.05, 3.63) is 53.6 Å². The third-order valence-corrected chi connectivity index (χ3v) is 7.37. The van der Waals surface area contributed by atoms with Crippen LogP contribution < -0.4 is 15.5 Å². The van der Waals surface area contributed by atoms with E-state index in [0.717, 1.165) is 53.7 Å². The first-order chi connectivity index (χ1) is 15.5. The number of rotatable bonds is 5. The lowest BCUT2D eigenvalue weighted by Crippen LogP contribution is -2.56. The molecule has 2 heterocycles. The van der Waals surface area contributed by atoms with Crippen LogP contribution in [0.15, 0.2) is 42.5 Å². The maximum absolute atomic E-state index is 13.0. The first kappa shape index (κ1) is 20.7. The van der Waals surface area contributed by atoms with Crippen LogP contribution in [0.1, 0.15) is 36.8 Å². The van der Waals surface area contributed by atoms with Gasteiger partial charge in [-0.1, -0.05) is 42.8 Å². The van der Waals surface area contributed by atoms with Gasteiger partial charge in [0.2, 0.25) is 11.8 Å². The van der Waals surface area contributed by atoms with Crippen molar-refractivity contribution < 1.29 is 9.59 Å². The summed E-state index contributed by atoms with van der Waals surface area (Å²) in [7, 11) is 1.81. The van der Waals surface area contributed by atoms with Crippen LogP contribution in [0.5, 0.6) is 0 Å². The molecule has 1 saturated carbocycles. The zero-order valence-electron chi connectivity index (χ0n) is 18.4. The highest BCUT2D eigenvalue weighted by Crippen LogP contribution is 2.37. The van der Waals surface area contributed by atoms with Gasteiger partial charge in [-0.15, -0.1) is 0 Å². The molecular weight excluding hydrogens is 400 g/mol. The van der Waals surface area contributed by atoms with Gasteiger partial charge in [0.05, 0.1) is 18.0 Å². The second-order valence-corrected chi connectivity index (χ2v) is 9.45. The Hall–Kier alpha value is -3.17. The summed E-state index contributed by atoms with van der Waals surface area (Å²) in [5, 5.41) is 16.1. The fraction of sp³-hybridized carbons (Fsp3) is 0.423. The van der Waals surface area contributed by atoms with Crippen molar-refractivity contribution in [1.29, 1.82) is 5.26 Å². The monoisotopic (exact) mass is 428 g/mol. The van der Waals surface area contributed by atoms with Gasteiger partial charge in [-0.3, -0.25) is 9.59 Å². The molecule has 0 spiro atoms. The van der Waals surface area contributed by atoms with E-state index in [0.29, 0.717) is 18.8 Å². The van der Waals surface area contributed by atoms with Crippen LogP contribution in [-0.4, -0.2) is 37.0 Å². The van der Waals surface area contributed by atoms with Gasteiger partial charge in [0, 0.05) is 19.2 Å². The Labute approximate surface area is 188 Å². The van der Waals surface area contributed by atoms with Crippen molar-refractivity contribution in [3.63, 3.8) is 0 Å². The van der Waals surface area contributed by atoms with E-state index in [-0.39, 0.29) is 11.8 Å². The minimum Gasteiger partial charge on any atom is -0.338 e. The number of hydrogen-bond acceptors (Lipinski definition) is 4. The van der Waals surface area contributed by atoms with Gasteiger partial charge in [0.25, 0.3) is 0 Å². The zero-order valence-corrected chi connectivity index (χ0v) is 18.4. The van der Waals surface area contributed by atoms with Crippen LogP contribution in [0.2, 0.25) is 0 Å². The van der Waals surface area contributed by atoms with Crippen molar-refractivity contribution in [2.75, 3.05) is 18.5 Å². The maximum Gasteiger partial charge on any atom is 0.241 e. The fourth-order valence-corrected chi connectivity index (χ4v) is 5.47. The maximum atomic E-state index is 13.0. The lowest BCUT2D eigenvalue weighted by atomic mass is 9.79. The van der Waals surface area contributed by atoms with Gasteiger partial charge in [-0.25, -0.2) is 0 Å². The largest absolute Gasteiger partial charge is 0.338 e. The van der Waals surface area contributed by atoms with Crippen molar-refractivity contribution in [3.8, 4) is 17.2 Å². The minimum absolute atomic E-state index is 0.0281. The number of hydrogen-bond donors (Lipinski definition) is 2. The molecule has 5 rings (SSSR count). The number of nitriles is 1. The molecule has 2 amide bonds. The number of benzene rings is 2. The van der Waals surface area contributed by atoms with Crippen LogP contribution in [0, 0.1) is 17.2 Å². The quantitative estimate of drug-likeness (QED) is 0.767. The molecule has 2 aromatic carbocycles. The summed E-state index contributed by atoms with van der Waals surface area (Å²) in [5.74, 6) is 0.674. The lowest BCUT2D eigenvalue weighted by molar-refractivity contribution is -0.128. The summed E-state index contributed by atoms with van der Waals surface area (Å²) >= 11 is 0. The van der Waals surface area contributed by atoms with Gasteiger partial charge >= 0.3 is 0 Å². The molecule has 0 radical (unpaired) electrons. The highest BCUT2D eigenvalue weighted by molar-refractivity contribution is 6.01. The second-order valence-electron chi connectivity index (χ2n) is 9.45. The van der Waals surface area contributed by atoms with Crippen molar-refractivity contribution in [2.45, 2.75) is 50.1 Å². The third-order valence-electron chi connectivity index (χ3n) is 7.37. The molecule has 3 aliphatic rings. The highest BCUT2D eigenvalue weighted by Gasteiger charge is 2.47. The Morgan fingerprint density at radius 1 is 1.28 bits per heavy atom. The molecule has 3 atom stereocenters. The number of nitrogens with one attached hydrogen (secondary N) is 2. The fourth-order valence-electron chi connectivity index (χ4n) is 5.47. The molecule has 1 aliphatic carbocycles. The molecule has 164 valence electrons. The molecule has 1 saturated heterocycles. The molecule has 6 nitrogen and oxygen atoms in total. The first-order valence-electron chi connectivity index (χ1n) is 11.4. The lowest BCUT2D eigenvalue weighted by Gasteiger charge is -2.32. The first-order valence-corrected chi connectivity index (χ1v) is 11.4. The van der Waals surface area contributed by atoms with Crippen LogP contribution in [0.4, 0.5) is 5.69 Å². The van der Waals surface area contributed by atoms with Crippen LogP contribution in [-0.2, 0) is 22.4 Å². The van der Waals surface area contributed by atoms with Gasteiger partial charge in [-0.2, -0.15) is 5.26 Å². The Bertz CT molecular complexity index is 1100. The molecule has 2 aromatic rings. The van der Waals surface area contributed by atoms with Gasteiger partial charge in [0.15, 0.2) is 0 Å². The minimum atomic E-state index is -0.551. The standard InChI is InChI=1S/C26H28N4O2/c1-30-23-12-20(8-9-21(23)13-24(30)31)19-6-4-17(5-7-19)11-22(15-27)29-25(32)26-10-2-3-18(14-26)16-28-26/h4-9,12,18,22,28H,2-3,10-11,13-14,16H2,1H3,(H,29,32)/t18-,22+,26?/m1/s1. The van der Waals surface area contributed by atoms with Crippen LogP contribution in [0.3, 0.4) is 0 Å². The summed E-state index contributed by atoms with van der Waals surface area (Å²) < 4.78 is 0. The molecule has 32 heavy (non-hydrogen) atoms. The third kappa shape index (κ3) is 3.67. The average molecular weight is 429 g/mol. The summed E-state index contributed by atoms with van der Waals surface area (Å²) in [4.78, 5) is 26.6. The Kier molecular flexibility index (Phi) is 5.22. The smallest absolute Gasteiger partial charge is 0.241 e. The van der Waals surface area contributed by atoms with Crippen molar-refractivity contribution >= 4 is 17.5 Å². The van der Waals surface area contributed by atoms with E-state index in [1.165, 1.54) is 6.42 Å². The molecule has 2 aliphatic heterocycles. The summed E-state index contributed by atoms with van der Waals surface area (Å²) in [6, 6.07) is 15.9. The average Bonchev–Trinajstić information content (AvgIpc) is 3.28. The molecular formula is C26H28N4O2. The Morgan fingerprint density at radius 2 is 2.06 bits per heavy atom. The van der Waals surface area contributed by atoms with E-state index in [1.807, 2.05) is 43.4 Å². The van der Waals surface area contributed by atoms with E-state index in [1.54, 1.807) is 4.90 Å². The number of likely N-dealkylation sites (N-methyl/N-ethyl adjacent to an activating group) is 1. The Morgan fingerprint density at radius 3 is 2.84 bits per heavy atom. The number of nitrogens with zero attached hydrogens (tertiary/aromatic N) is 2. The predicted octanol–water partition coefficient (Wildman–Crippen LogP) is 2.96. The number of anilines is 1. The van der Waals surface area contributed by atoms with Gasteiger partial charge < -0.3 is 15.5 Å². The highest BCUT2D eigenvalue weighted by atomic mass is 16.2. The van der Waals surface area contributed by atoms with Gasteiger partial charge in [0.1, 0.15) is 6.04 Å². The van der Waals surface area contributed by atoms with Crippen molar-refractivity contribution in [2.24, 2.45) is 5.92 Å². The SMILES string of the molecule is CN1C(=O)Cc2ccc(-c3ccc(C[C@@H](C#N)NC(=O)C45CCC[C@@H](CN4)C5)cc3)cc21. The topological polar surface area (TPSA) is 85.2 Å². The van der Waals surface area contributed by atoms with E-state index in [2.05, 4.69) is 22.8 Å². The van der Waals surface area contributed by atoms with E-state index < -0.39 is 11.6 Å². The van der Waals surface area contributed by atoms with Crippen LogP contribution >= 0.6 is 0 Å². The number of amides is 2. The Balaban J connectivity index is 1.26.